The summed E-state index contributed by atoms with van der Waals surface area (Å²) in [5.74, 6) is -1.10. The highest BCUT2D eigenvalue weighted by Crippen LogP contribution is 2.42. The molecule has 1 aromatic carbocycles. The Kier molecular flexibility index (Phi) is 23.7. The Bertz CT molecular complexity index is 4220. The fourth-order valence-electron chi connectivity index (χ4n) is 10.6. The molecule has 2 fully saturated rings. The number of ketones is 3. The predicted octanol–water partition coefficient (Wildman–Crippen LogP) is 6.84. The quantitative estimate of drug-likeness (QED) is 0.0350. The van der Waals surface area contributed by atoms with Crippen LogP contribution in [0.2, 0.25) is 0 Å². The molecule has 2 saturated heterocycles. The number of fused-ring (bicyclic) bond motifs is 5. The Morgan fingerprint density at radius 2 is 1.07 bits per heavy atom. The van der Waals surface area contributed by atoms with Gasteiger partial charge in [0.2, 0.25) is 23.5 Å². The molecule has 2 atom stereocenters. The van der Waals surface area contributed by atoms with Crippen molar-refractivity contribution in [1.82, 2.24) is 34.7 Å². The number of hydrogen-bond donors (Lipinski definition) is 2. The van der Waals surface area contributed by atoms with Crippen molar-refractivity contribution in [2.24, 2.45) is 11.8 Å². The first-order chi connectivity index (χ1) is 44.5. The van der Waals surface area contributed by atoms with Crippen LogP contribution in [-0.2, 0) is 48.0 Å². The standard InChI is InChI=1S/C24H24N4O5.C13H13NO5.C12H11NO5.C10H11NO2.C8H2S/c1-32-18-9-26-22(33-2)20-19(18)17(8-25-20)21(29)24(31)28-12-15-10-27(11-16(15)13-28)23(30)14-6-4-3-5-7-14;1-17-9-6-14-12(18-2)8-5-4-7(10(8)9)11(15)13(16)19-3;1-17-8-5-13-11(18-2)7-4-3-6(9(7)8)10(14)12(15)16;1-12-9-6-11-10(13-2)8-5-3-4-7(8)9;1-2-3-4-5-6-7-8-9/h3-9,15-16,25H,10-13H2,1-2H3;4,6H,5H2,1-3H3;3,5H,4H2,1-2H3,(H,15,16);3-4,6H,5H2,1-2H3;1H2/t15-,16+;;;;. The van der Waals surface area contributed by atoms with Crippen LogP contribution in [0.5, 0.6) is 46.5 Å². The largest absolute Gasteiger partial charge is 0.494 e. The average molecular weight is 1270 g/mol. The molecule has 0 unspecified atom stereocenters. The number of carbonyl (C=O) groups is 7. The summed E-state index contributed by atoms with van der Waals surface area (Å²) in [7, 11) is 13.3. The van der Waals surface area contributed by atoms with Crippen LogP contribution in [0, 0.1) is 11.8 Å². The SMILES string of the molecule is C=C=C=C=C=C=C=C=S.COC(=O)C(=O)C1=CCc2c(OC)ncc(OC)c21.COc1cnc(OC)c2c1C(C(=O)C(=O)O)=CC2.COc1cnc(OC)c2c1C=CC2.COc1ncc(OC)c2c(C(=O)C(=O)N3C[C@@H]4CN(C(=O)c5ccccc5)C[C@@H]4C3)c[nH]c12. The van der Waals surface area contributed by atoms with Gasteiger partial charge in [0, 0.05) is 111 Å². The lowest BCUT2D eigenvalue weighted by Gasteiger charge is -2.21. The summed E-state index contributed by atoms with van der Waals surface area (Å²) in [6.45, 7) is 5.34. The number of amides is 2. The number of allylic oxidation sites excluding steroid dienone is 3. The minimum atomic E-state index is -1.49. The van der Waals surface area contributed by atoms with Gasteiger partial charge in [0.15, 0.2) is 0 Å². The van der Waals surface area contributed by atoms with E-state index in [1.807, 2.05) is 41.3 Å². The maximum absolute atomic E-state index is 13.2. The number of thiocarbonyl (C=S) groups is 1. The number of nitrogens with zero attached hydrogens (tertiary/aromatic N) is 6. The van der Waals surface area contributed by atoms with Crippen molar-refractivity contribution in [3.63, 3.8) is 0 Å². The highest BCUT2D eigenvalue weighted by Gasteiger charge is 2.45. The molecule has 2 N–H and O–H groups in total. The molecule has 6 aromatic rings. The summed E-state index contributed by atoms with van der Waals surface area (Å²) in [5.41, 5.74) is 20.8. The fraction of sp³-hybridized carbons (Fsp3) is 0.269. The summed E-state index contributed by atoms with van der Waals surface area (Å²) in [6, 6.07) is 9.20. The summed E-state index contributed by atoms with van der Waals surface area (Å²) >= 11 is 4.29. The summed E-state index contributed by atoms with van der Waals surface area (Å²) in [6.07, 6.45) is 16.6. The van der Waals surface area contributed by atoms with E-state index in [1.54, 1.807) is 37.5 Å². The third-order valence-corrected chi connectivity index (χ3v) is 14.9. The summed E-state index contributed by atoms with van der Waals surface area (Å²) in [5, 5.41) is 11.5. The fourth-order valence-corrected chi connectivity index (χ4v) is 10.7. The van der Waals surface area contributed by atoms with Gasteiger partial charge in [-0.05, 0) is 67.4 Å². The van der Waals surface area contributed by atoms with Crippen LogP contribution in [0.3, 0.4) is 0 Å². The van der Waals surface area contributed by atoms with Gasteiger partial charge in [-0.25, -0.2) is 29.5 Å². The van der Waals surface area contributed by atoms with Gasteiger partial charge < -0.3 is 62.5 Å². The molecule has 3 aliphatic carbocycles. The highest BCUT2D eigenvalue weighted by atomic mass is 32.1. The third kappa shape index (κ3) is 14.9. The molecule has 0 saturated carbocycles. The number of carboxylic acids is 1. The van der Waals surface area contributed by atoms with Crippen LogP contribution < -0.4 is 37.9 Å². The molecule has 24 nitrogen and oxygen atoms in total. The number of likely N-dealkylation sites (tertiary alicyclic amines) is 2. The molecular formula is C67H61N7O17S. The van der Waals surface area contributed by atoms with Crippen LogP contribution in [0.25, 0.3) is 28.1 Å². The van der Waals surface area contributed by atoms with E-state index in [0.717, 1.165) is 28.9 Å². The monoisotopic (exact) mass is 1270 g/mol. The van der Waals surface area contributed by atoms with Crippen LogP contribution in [-0.4, -0.2) is 176 Å². The van der Waals surface area contributed by atoms with E-state index in [-0.39, 0.29) is 34.5 Å². The number of pyridine rings is 4. The zero-order chi connectivity index (χ0) is 66.6. The number of carbonyl (C=O) groups excluding carboxylic acids is 6. The van der Waals surface area contributed by atoms with E-state index in [2.05, 4.69) is 93.9 Å². The maximum atomic E-state index is 13.2. The second-order valence-corrected chi connectivity index (χ2v) is 19.8. The molecule has 5 aliphatic rings. The zero-order valence-electron chi connectivity index (χ0n) is 51.5. The maximum Gasteiger partial charge on any atom is 0.379 e. The molecule has 472 valence electrons. The number of benzene rings is 1. The number of aromatic amines is 1. The van der Waals surface area contributed by atoms with Crippen LogP contribution in [0.4, 0.5) is 0 Å². The molecule has 7 heterocycles. The van der Waals surface area contributed by atoms with Crippen molar-refractivity contribution in [3.8, 4) is 46.5 Å². The van der Waals surface area contributed by atoms with Gasteiger partial charge in [0.1, 0.15) is 28.5 Å². The third-order valence-electron chi connectivity index (χ3n) is 14.8. The van der Waals surface area contributed by atoms with Gasteiger partial charge in [0.25, 0.3) is 29.2 Å². The van der Waals surface area contributed by atoms with Crippen molar-refractivity contribution in [2.75, 3.05) is 90.2 Å². The summed E-state index contributed by atoms with van der Waals surface area (Å²) < 4.78 is 45.9. The van der Waals surface area contributed by atoms with Crippen LogP contribution in [0.15, 0.2) is 121 Å². The zero-order valence-corrected chi connectivity index (χ0v) is 52.3. The lowest BCUT2D eigenvalue weighted by molar-refractivity contribution is -0.149. The van der Waals surface area contributed by atoms with E-state index >= 15 is 0 Å². The lowest BCUT2D eigenvalue weighted by atomic mass is 10.0. The van der Waals surface area contributed by atoms with E-state index in [4.69, 9.17) is 43.0 Å². The Balaban J connectivity index is 0.000000175. The molecule has 2 aliphatic heterocycles. The number of aliphatic carboxylic acids is 1. The number of ether oxygens (including phenoxy) is 9. The van der Waals surface area contributed by atoms with Gasteiger partial charge in [-0.2, -0.15) is 0 Å². The number of Topliss-reactive ketones (excluding diaryl/α,β-unsaturated/α-hetero) is 3. The number of nitrogens with one attached hydrogen (secondary N) is 1. The first-order valence-electron chi connectivity index (χ1n) is 27.7. The first kappa shape index (κ1) is 67.9. The smallest absolute Gasteiger partial charge is 0.379 e. The van der Waals surface area contributed by atoms with Gasteiger partial charge in [0.05, 0.1) is 99.7 Å². The molecule has 0 bridgehead atoms. The number of hydrogen-bond acceptors (Lipinski definition) is 21. The molecular weight excluding hydrogens is 1210 g/mol. The number of rotatable bonds is 15. The van der Waals surface area contributed by atoms with Crippen LogP contribution in [0.1, 0.15) is 54.1 Å². The minimum Gasteiger partial charge on any atom is -0.494 e. The van der Waals surface area contributed by atoms with Gasteiger partial charge in [-0.1, -0.05) is 48.2 Å². The lowest BCUT2D eigenvalue weighted by Crippen LogP contribution is -2.38. The topological polar surface area (TPSA) is 297 Å². The van der Waals surface area contributed by atoms with Crippen molar-refractivity contribution in [2.45, 2.75) is 19.3 Å². The van der Waals surface area contributed by atoms with E-state index in [0.29, 0.717) is 113 Å². The second-order valence-electron chi connectivity index (χ2n) is 19.6. The normalized spacial score (nSPS) is 14.2. The minimum absolute atomic E-state index is 0.00685. The summed E-state index contributed by atoms with van der Waals surface area (Å²) in [4.78, 5) is 108. The number of esters is 1. The molecule has 0 radical (unpaired) electrons. The first-order valence-corrected chi connectivity index (χ1v) is 28.1. The van der Waals surface area contributed by atoms with E-state index < -0.39 is 35.2 Å². The molecule has 2 amide bonds. The number of carboxylic acid groups (broad SMARTS) is 1. The molecule has 92 heavy (non-hydrogen) atoms. The van der Waals surface area contributed by atoms with Gasteiger partial charge >= 0.3 is 11.9 Å². The predicted molar refractivity (Wildman–Crippen MR) is 337 cm³/mol. The second kappa shape index (κ2) is 32.1. The Labute approximate surface area is 533 Å². The van der Waals surface area contributed by atoms with Crippen molar-refractivity contribution < 1.29 is 81.3 Å². The van der Waals surface area contributed by atoms with Crippen molar-refractivity contribution in [1.29, 1.82) is 0 Å². The van der Waals surface area contributed by atoms with Gasteiger partial charge in [-0.15, -0.1) is 0 Å². The number of methoxy groups -OCH3 is 9. The molecule has 0 spiro atoms. The Morgan fingerprint density at radius 3 is 1.58 bits per heavy atom. The molecule has 25 heteroatoms. The average Bonchev–Trinajstić information content (AvgIpc) is 1.63. The van der Waals surface area contributed by atoms with E-state index in [1.165, 1.54) is 74.6 Å². The Morgan fingerprint density at radius 1 is 0.576 bits per heavy atom. The van der Waals surface area contributed by atoms with Gasteiger partial charge in [-0.3, -0.25) is 24.0 Å². The number of H-pyrrole nitrogens is 1. The molecule has 11 rings (SSSR count). The number of aromatic nitrogens is 5. The van der Waals surface area contributed by atoms with Crippen molar-refractivity contribution in [3.05, 3.63) is 165 Å². The highest BCUT2D eigenvalue weighted by molar-refractivity contribution is 7.78. The Hall–Kier alpha value is -11.6. The molecule has 5 aromatic heterocycles. The van der Waals surface area contributed by atoms with E-state index in [9.17, 15) is 33.6 Å². The van der Waals surface area contributed by atoms with Crippen molar-refractivity contribution >= 4 is 86.5 Å². The van der Waals surface area contributed by atoms with Crippen LogP contribution >= 0.6 is 12.2 Å².